The summed E-state index contributed by atoms with van der Waals surface area (Å²) in [6.07, 6.45) is 2.44. The van der Waals surface area contributed by atoms with Crippen LogP contribution in [0.3, 0.4) is 0 Å². The van der Waals surface area contributed by atoms with Crippen molar-refractivity contribution in [3.63, 3.8) is 0 Å². The highest BCUT2D eigenvalue weighted by Gasteiger charge is 2.23. The third-order valence-electron chi connectivity index (χ3n) is 3.99. The number of H-pyrrole nitrogens is 1. The molecule has 2 heterocycles. The quantitative estimate of drug-likeness (QED) is 0.769. The number of nitrogens with zero attached hydrogens (tertiary/aromatic N) is 1. The normalized spacial score (nSPS) is 16.9. The van der Waals surface area contributed by atoms with Crippen molar-refractivity contribution < 1.29 is 14.7 Å². The van der Waals surface area contributed by atoms with E-state index in [0.717, 1.165) is 19.6 Å². The van der Waals surface area contributed by atoms with E-state index in [1.807, 2.05) is 6.92 Å². The minimum Gasteiger partial charge on any atom is -0.477 e. The molecule has 21 heavy (non-hydrogen) atoms. The zero-order valence-corrected chi connectivity index (χ0v) is 12.8. The number of aromatic carboxylic acids is 1. The maximum absolute atomic E-state index is 12.4. The number of carboxylic acid groups (broad SMARTS) is 1. The van der Waals surface area contributed by atoms with Crippen LogP contribution in [0.2, 0.25) is 0 Å². The number of rotatable bonds is 5. The average molecular weight is 293 g/mol. The molecule has 2 rings (SSSR count). The lowest BCUT2D eigenvalue weighted by Crippen LogP contribution is -2.41. The molecule has 6 heteroatoms. The Kier molecular flexibility index (Phi) is 4.67. The van der Waals surface area contributed by atoms with Crippen LogP contribution in [0.4, 0.5) is 0 Å². The Balaban J connectivity index is 2.04. The summed E-state index contributed by atoms with van der Waals surface area (Å²) in [5.74, 6) is -1.25. The highest BCUT2D eigenvalue weighted by Crippen LogP contribution is 2.18. The minimum atomic E-state index is -1.04. The first-order valence-electron chi connectivity index (χ1n) is 7.35. The summed E-state index contributed by atoms with van der Waals surface area (Å²) in [7, 11) is 0. The second-order valence-corrected chi connectivity index (χ2v) is 5.81. The number of hydrogen-bond donors (Lipinski definition) is 3. The van der Waals surface area contributed by atoms with Crippen LogP contribution in [0.25, 0.3) is 0 Å². The first kappa shape index (κ1) is 15.6. The van der Waals surface area contributed by atoms with E-state index < -0.39 is 5.97 Å². The smallest absolute Gasteiger partial charge is 0.352 e. The van der Waals surface area contributed by atoms with Gasteiger partial charge in [0.2, 0.25) is 0 Å². The molecule has 1 saturated heterocycles. The molecule has 1 aliphatic heterocycles. The molecule has 6 nitrogen and oxygen atoms in total. The molecule has 0 aliphatic carbocycles. The Morgan fingerprint density at radius 2 is 1.95 bits per heavy atom. The molecule has 0 radical (unpaired) electrons. The van der Waals surface area contributed by atoms with E-state index in [0.29, 0.717) is 16.8 Å². The number of aromatic nitrogens is 1. The third kappa shape index (κ3) is 3.44. The third-order valence-corrected chi connectivity index (χ3v) is 3.99. The highest BCUT2D eigenvalue weighted by molar-refractivity contribution is 6.00. The van der Waals surface area contributed by atoms with Gasteiger partial charge in [-0.2, -0.15) is 0 Å². The van der Waals surface area contributed by atoms with Gasteiger partial charge in [-0.25, -0.2) is 4.79 Å². The molecule has 1 atom stereocenters. The standard InChI is InChI=1S/C15H23N3O3/c1-9(8-18-6-4-5-7-18)16-14(19)12-10(2)13(15(20)21)17-11(12)3/h9,17H,4-8H2,1-3H3,(H,16,19)(H,20,21). The Morgan fingerprint density at radius 1 is 1.33 bits per heavy atom. The minimum absolute atomic E-state index is 0.0394. The Labute approximate surface area is 124 Å². The molecular formula is C15H23N3O3. The lowest BCUT2D eigenvalue weighted by Gasteiger charge is -2.21. The van der Waals surface area contributed by atoms with E-state index in [9.17, 15) is 9.59 Å². The predicted octanol–water partition coefficient (Wildman–Crippen LogP) is 1.54. The molecule has 1 unspecified atom stereocenters. The van der Waals surface area contributed by atoms with Crippen molar-refractivity contribution in [1.82, 2.24) is 15.2 Å². The van der Waals surface area contributed by atoms with Crippen molar-refractivity contribution in [2.75, 3.05) is 19.6 Å². The van der Waals surface area contributed by atoms with Gasteiger partial charge in [0.15, 0.2) is 0 Å². The van der Waals surface area contributed by atoms with Crippen LogP contribution in [0.5, 0.6) is 0 Å². The number of hydrogen-bond acceptors (Lipinski definition) is 3. The summed E-state index contributed by atoms with van der Waals surface area (Å²) in [5.41, 5.74) is 1.62. The zero-order valence-electron chi connectivity index (χ0n) is 12.8. The van der Waals surface area contributed by atoms with Crippen molar-refractivity contribution >= 4 is 11.9 Å². The average Bonchev–Trinajstić information content (AvgIpc) is 2.97. The molecule has 116 valence electrons. The fraction of sp³-hybridized carbons (Fsp3) is 0.600. The van der Waals surface area contributed by atoms with Gasteiger partial charge in [0.25, 0.3) is 5.91 Å². The number of aryl methyl sites for hydroxylation is 1. The van der Waals surface area contributed by atoms with Crippen molar-refractivity contribution in [2.24, 2.45) is 0 Å². The number of likely N-dealkylation sites (tertiary alicyclic amines) is 1. The van der Waals surface area contributed by atoms with Crippen LogP contribution in [-0.2, 0) is 0 Å². The van der Waals surface area contributed by atoms with Crippen molar-refractivity contribution in [3.05, 3.63) is 22.5 Å². The number of carboxylic acids is 1. The lowest BCUT2D eigenvalue weighted by molar-refractivity contribution is 0.0690. The van der Waals surface area contributed by atoms with Gasteiger partial charge in [-0.3, -0.25) is 4.79 Å². The van der Waals surface area contributed by atoms with Gasteiger partial charge in [-0.15, -0.1) is 0 Å². The molecule has 1 aliphatic rings. The van der Waals surface area contributed by atoms with E-state index in [-0.39, 0.29) is 17.6 Å². The molecule has 0 saturated carbocycles. The number of carbonyl (C=O) groups excluding carboxylic acids is 1. The van der Waals surface area contributed by atoms with Gasteiger partial charge in [-0.05, 0) is 52.3 Å². The predicted molar refractivity (Wildman–Crippen MR) is 79.8 cm³/mol. The van der Waals surface area contributed by atoms with Crippen LogP contribution < -0.4 is 5.32 Å². The van der Waals surface area contributed by atoms with Crippen LogP contribution in [-0.4, -0.2) is 52.5 Å². The maximum atomic E-state index is 12.4. The molecule has 3 N–H and O–H groups in total. The van der Waals surface area contributed by atoms with Crippen LogP contribution in [0, 0.1) is 13.8 Å². The summed E-state index contributed by atoms with van der Waals surface area (Å²) in [6.45, 7) is 8.37. The van der Waals surface area contributed by atoms with Crippen molar-refractivity contribution in [1.29, 1.82) is 0 Å². The lowest BCUT2D eigenvalue weighted by atomic mass is 10.1. The van der Waals surface area contributed by atoms with Crippen LogP contribution >= 0.6 is 0 Å². The van der Waals surface area contributed by atoms with Crippen LogP contribution in [0.15, 0.2) is 0 Å². The molecule has 1 amide bonds. The molecule has 0 spiro atoms. The summed E-state index contributed by atoms with van der Waals surface area (Å²) < 4.78 is 0. The van der Waals surface area contributed by atoms with E-state index >= 15 is 0 Å². The van der Waals surface area contributed by atoms with Gasteiger partial charge < -0.3 is 20.3 Å². The topological polar surface area (TPSA) is 85.4 Å². The molecule has 1 aromatic heterocycles. The molecule has 0 aromatic carbocycles. The second-order valence-electron chi connectivity index (χ2n) is 5.81. The fourth-order valence-electron chi connectivity index (χ4n) is 3.00. The van der Waals surface area contributed by atoms with E-state index in [2.05, 4.69) is 15.2 Å². The zero-order chi connectivity index (χ0) is 15.6. The van der Waals surface area contributed by atoms with Gasteiger partial charge >= 0.3 is 5.97 Å². The van der Waals surface area contributed by atoms with Gasteiger partial charge in [0.05, 0.1) is 5.56 Å². The first-order valence-corrected chi connectivity index (χ1v) is 7.35. The molecule has 1 aromatic rings. The number of amides is 1. The fourth-order valence-corrected chi connectivity index (χ4v) is 3.00. The van der Waals surface area contributed by atoms with E-state index in [1.165, 1.54) is 12.8 Å². The Hall–Kier alpha value is -1.82. The SMILES string of the molecule is Cc1[nH]c(C(=O)O)c(C)c1C(=O)NC(C)CN1CCCC1. The Bertz CT molecular complexity index is 545. The van der Waals surface area contributed by atoms with E-state index in [4.69, 9.17) is 5.11 Å². The van der Waals surface area contributed by atoms with Gasteiger partial charge in [-0.1, -0.05) is 0 Å². The monoisotopic (exact) mass is 293 g/mol. The molecule has 1 fully saturated rings. The van der Waals surface area contributed by atoms with Crippen molar-refractivity contribution in [2.45, 2.75) is 39.7 Å². The number of nitrogens with one attached hydrogen (secondary N) is 2. The largest absolute Gasteiger partial charge is 0.477 e. The summed E-state index contributed by atoms with van der Waals surface area (Å²) >= 11 is 0. The van der Waals surface area contributed by atoms with Gasteiger partial charge in [0, 0.05) is 18.3 Å². The summed E-state index contributed by atoms with van der Waals surface area (Å²) in [6, 6.07) is 0.0394. The molecular weight excluding hydrogens is 270 g/mol. The summed E-state index contributed by atoms with van der Waals surface area (Å²) in [4.78, 5) is 28.6. The Morgan fingerprint density at radius 3 is 2.48 bits per heavy atom. The van der Waals surface area contributed by atoms with Gasteiger partial charge in [0.1, 0.15) is 5.69 Å². The van der Waals surface area contributed by atoms with E-state index in [1.54, 1.807) is 13.8 Å². The first-order chi connectivity index (χ1) is 9.90. The highest BCUT2D eigenvalue weighted by atomic mass is 16.4. The maximum Gasteiger partial charge on any atom is 0.352 e. The summed E-state index contributed by atoms with van der Waals surface area (Å²) in [5, 5.41) is 12.1. The molecule has 0 bridgehead atoms. The number of aromatic amines is 1. The second kappa shape index (κ2) is 6.30. The van der Waals surface area contributed by atoms with Crippen LogP contribution in [0.1, 0.15) is 51.9 Å². The number of carbonyl (C=O) groups is 2. The van der Waals surface area contributed by atoms with Crippen molar-refractivity contribution in [3.8, 4) is 0 Å².